The van der Waals surface area contributed by atoms with Gasteiger partial charge in [0.15, 0.2) is 0 Å². The lowest BCUT2D eigenvalue weighted by Gasteiger charge is -2.46. The fraction of sp³-hybridized carbons (Fsp3) is 0. The second kappa shape index (κ2) is 9.18. The van der Waals surface area contributed by atoms with Gasteiger partial charge in [-0.05, 0) is 95.3 Å². The molecule has 4 nitrogen and oxygen atoms in total. The van der Waals surface area contributed by atoms with Crippen molar-refractivity contribution in [2.75, 3.05) is 9.80 Å². The van der Waals surface area contributed by atoms with Crippen molar-refractivity contribution in [3.05, 3.63) is 158 Å². The number of benzene rings is 7. The van der Waals surface area contributed by atoms with Gasteiger partial charge < -0.3 is 19.1 Å². The average Bonchev–Trinajstić information content (AvgIpc) is 3.47. The van der Waals surface area contributed by atoms with Gasteiger partial charge >= 0.3 is 0 Å². The topological polar surface area (TPSA) is 20.6 Å². The summed E-state index contributed by atoms with van der Waals surface area (Å²) in [6.45, 7) is 0.0732. The lowest BCUT2D eigenvalue weighted by molar-refractivity contribution is 0.487. The first-order valence-corrected chi connectivity index (χ1v) is 16.2. The lowest BCUT2D eigenvalue weighted by atomic mass is 9.32. The number of hydrogen-bond acceptors (Lipinski definition) is 3. The molecule has 4 heterocycles. The van der Waals surface area contributed by atoms with Gasteiger partial charge in [-0.2, -0.15) is 0 Å². The van der Waals surface area contributed by atoms with Crippen LogP contribution in [0.5, 0.6) is 11.5 Å². The molecule has 0 saturated carbocycles. The van der Waals surface area contributed by atoms with Crippen LogP contribution in [-0.2, 0) is 0 Å². The molecule has 3 aliphatic rings. The van der Waals surface area contributed by atoms with Crippen molar-refractivity contribution in [1.82, 2.24) is 4.57 Å². The van der Waals surface area contributed by atoms with E-state index < -0.39 is 0 Å². The Balaban J connectivity index is 1.19. The van der Waals surface area contributed by atoms with Gasteiger partial charge in [0.1, 0.15) is 11.5 Å². The normalized spacial score (nSPS) is 13.6. The summed E-state index contributed by atoms with van der Waals surface area (Å²) in [5.74, 6) is 1.86. The predicted octanol–water partition coefficient (Wildman–Crippen LogP) is 8.97. The molecule has 0 aliphatic carbocycles. The highest BCUT2D eigenvalue weighted by Crippen LogP contribution is 2.48. The minimum absolute atomic E-state index is 0.0732. The molecule has 3 aliphatic heterocycles. The summed E-state index contributed by atoms with van der Waals surface area (Å²) in [7, 11) is 0. The Morgan fingerprint density at radius 2 is 0.851 bits per heavy atom. The molecule has 5 heteroatoms. The molecule has 0 atom stereocenters. The van der Waals surface area contributed by atoms with Crippen molar-refractivity contribution < 1.29 is 4.74 Å². The van der Waals surface area contributed by atoms with E-state index in [0.29, 0.717) is 0 Å². The third-order valence-corrected chi connectivity index (χ3v) is 10.1. The molecule has 0 bridgehead atoms. The standard InChI is InChI=1S/C42H26BN3O/c1-2-12-27(13-3-1)44-34-20-9-21-35-40(34)43-41-36(44)22-10-24-38(41)47-39-25-11-23-37(42(39)43)46(35)29-15-8-14-28(26-29)45-32-18-6-4-16-30(32)31-17-5-7-19-33(31)45/h1-26H. The largest absolute Gasteiger partial charge is 0.458 e. The van der Waals surface area contributed by atoms with E-state index in [2.05, 4.69) is 172 Å². The average molecular weight is 600 g/mol. The number of nitrogens with zero attached hydrogens (tertiary/aromatic N) is 3. The molecule has 47 heavy (non-hydrogen) atoms. The van der Waals surface area contributed by atoms with Gasteiger partial charge in [-0.15, -0.1) is 0 Å². The van der Waals surface area contributed by atoms with Gasteiger partial charge in [-0.1, -0.05) is 78.9 Å². The predicted molar refractivity (Wildman–Crippen MR) is 195 cm³/mol. The van der Waals surface area contributed by atoms with Crippen LogP contribution in [0.1, 0.15) is 0 Å². The van der Waals surface area contributed by atoms with E-state index in [9.17, 15) is 0 Å². The second-order valence-corrected chi connectivity index (χ2v) is 12.5. The zero-order valence-corrected chi connectivity index (χ0v) is 25.3. The minimum atomic E-state index is 0.0732. The number of fused-ring (bicyclic) bond motifs is 3. The quantitative estimate of drug-likeness (QED) is 0.189. The number of aromatic nitrogens is 1. The Kier molecular flexibility index (Phi) is 4.89. The fourth-order valence-electron chi connectivity index (χ4n) is 8.36. The zero-order chi connectivity index (χ0) is 30.6. The molecule has 7 aromatic carbocycles. The zero-order valence-electron chi connectivity index (χ0n) is 25.3. The van der Waals surface area contributed by atoms with E-state index in [4.69, 9.17) is 4.74 Å². The Morgan fingerprint density at radius 3 is 1.49 bits per heavy atom. The second-order valence-electron chi connectivity index (χ2n) is 12.5. The van der Waals surface area contributed by atoms with Crippen LogP contribution in [0.15, 0.2) is 158 Å². The van der Waals surface area contributed by atoms with Crippen LogP contribution in [0.3, 0.4) is 0 Å². The first kappa shape index (κ1) is 25.0. The molecule has 218 valence electrons. The monoisotopic (exact) mass is 599 g/mol. The summed E-state index contributed by atoms with van der Waals surface area (Å²) in [4.78, 5) is 4.85. The van der Waals surface area contributed by atoms with E-state index in [0.717, 1.165) is 34.2 Å². The van der Waals surface area contributed by atoms with Gasteiger partial charge in [0.05, 0.1) is 11.0 Å². The Hall–Kier alpha value is -6.20. The SMILES string of the molecule is c1ccc(N2c3cccc4c3B3c5c(cccc5N(c5cccc(-n6c7ccccc7c7ccccc76)c5)c5cccc2c53)O4)cc1. The van der Waals surface area contributed by atoms with E-state index >= 15 is 0 Å². The van der Waals surface area contributed by atoms with E-state index in [-0.39, 0.29) is 6.71 Å². The maximum atomic E-state index is 6.74. The van der Waals surface area contributed by atoms with E-state index in [1.807, 2.05) is 0 Å². The molecular formula is C42H26BN3O. The molecule has 0 saturated heterocycles. The smallest absolute Gasteiger partial charge is 0.261 e. The summed E-state index contributed by atoms with van der Waals surface area (Å²) in [6, 6.07) is 56.8. The van der Waals surface area contributed by atoms with Gasteiger partial charge in [-0.25, -0.2) is 0 Å². The highest BCUT2D eigenvalue weighted by molar-refractivity contribution is 7.01. The summed E-state index contributed by atoms with van der Waals surface area (Å²) < 4.78 is 9.13. The van der Waals surface area contributed by atoms with Crippen LogP contribution < -0.4 is 30.9 Å². The van der Waals surface area contributed by atoms with Crippen LogP contribution in [0.25, 0.3) is 27.5 Å². The summed E-state index contributed by atoms with van der Waals surface area (Å²) in [5.41, 5.74) is 14.3. The maximum Gasteiger partial charge on any atom is 0.261 e. The van der Waals surface area contributed by atoms with Gasteiger partial charge in [0.25, 0.3) is 6.71 Å². The molecule has 0 radical (unpaired) electrons. The van der Waals surface area contributed by atoms with Crippen molar-refractivity contribution in [2.45, 2.75) is 0 Å². The Labute approximate surface area is 272 Å². The molecular weight excluding hydrogens is 573 g/mol. The third kappa shape index (κ3) is 3.27. The van der Waals surface area contributed by atoms with E-state index in [1.165, 1.54) is 55.3 Å². The van der Waals surface area contributed by atoms with E-state index in [1.54, 1.807) is 0 Å². The minimum Gasteiger partial charge on any atom is -0.458 e. The van der Waals surface area contributed by atoms with Crippen molar-refractivity contribution in [1.29, 1.82) is 0 Å². The first-order chi connectivity index (χ1) is 23.3. The lowest BCUT2D eigenvalue weighted by Crippen LogP contribution is -2.63. The highest BCUT2D eigenvalue weighted by Gasteiger charge is 2.48. The van der Waals surface area contributed by atoms with Crippen molar-refractivity contribution >= 4 is 79.0 Å². The number of ether oxygens (including phenoxy) is 1. The Bertz CT molecular complexity index is 2540. The van der Waals surface area contributed by atoms with Gasteiger partial charge in [0, 0.05) is 50.6 Å². The summed E-state index contributed by atoms with van der Waals surface area (Å²) in [5, 5.41) is 2.52. The number of rotatable bonds is 3. The fourth-order valence-corrected chi connectivity index (χ4v) is 8.36. The first-order valence-electron chi connectivity index (χ1n) is 16.2. The molecule has 0 N–H and O–H groups in total. The number of para-hydroxylation sites is 3. The molecule has 0 spiro atoms. The van der Waals surface area contributed by atoms with Gasteiger partial charge in [0.2, 0.25) is 0 Å². The molecule has 1 aromatic heterocycles. The highest BCUT2D eigenvalue weighted by atomic mass is 16.5. The van der Waals surface area contributed by atoms with Crippen LogP contribution in [0.4, 0.5) is 34.1 Å². The Morgan fingerprint density at radius 1 is 0.383 bits per heavy atom. The molecule has 0 amide bonds. The van der Waals surface area contributed by atoms with Crippen molar-refractivity contribution in [3.8, 4) is 17.2 Å². The van der Waals surface area contributed by atoms with Crippen molar-refractivity contribution in [3.63, 3.8) is 0 Å². The van der Waals surface area contributed by atoms with Crippen LogP contribution in [-0.4, -0.2) is 11.3 Å². The third-order valence-electron chi connectivity index (χ3n) is 10.1. The molecule has 0 unspecified atom stereocenters. The van der Waals surface area contributed by atoms with Crippen LogP contribution in [0.2, 0.25) is 0 Å². The van der Waals surface area contributed by atoms with Crippen molar-refractivity contribution in [2.24, 2.45) is 0 Å². The molecule has 11 rings (SSSR count). The summed E-state index contributed by atoms with van der Waals surface area (Å²) in [6.07, 6.45) is 0. The molecule has 0 fully saturated rings. The van der Waals surface area contributed by atoms with Crippen LogP contribution >= 0.6 is 0 Å². The molecule has 8 aromatic rings. The number of anilines is 6. The number of hydrogen-bond donors (Lipinski definition) is 0. The van der Waals surface area contributed by atoms with Gasteiger partial charge in [-0.3, -0.25) is 0 Å². The summed E-state index contributed by atoms with van der Waals surface area (Å²) >= 11 is 0. The maximum absolute atomic E-state index is 6.74. The van der Waals surface area contributed by atoms with Crippen LogP contribution in [0, 0.1) is 0 Å².